The SMILES string of the molecule is COc1ccc(CCn2c(CCl)nc3cnccc32)cc1. The van der Waals surface area contributed by atoms with E-state index >= 15 is 0 Å². The van der Waals surface area contributed by atoms with Gasteiger partial charge in [0.25, 0.3) is 0 Å². The highest BCUT2D eigenvalue weighted by Crippen LogP contribution is 2.18. The zero-order valence-electron chi connectivity index (χ0n) is 11.8. The van der Waals surface area contributed by atoms with Gasteiger partial charge in [0.2, 0.25) is 0 Å². The van der Waals surface area contributed by atoms with Gasteiger partial charge in [0, 0.05) is 12.7 Å². The van der Waals surface area contributed by atoms with E-state index in [0.29, 0.717) is 5.88 Å². The zero-order chi connectivity index (χ0) is 14.7. The molecule has 0 spiro atoms. The lowest BCUT2D eigenvalue weighted by atomic mass is 10.1. The molecule has 0 aliphatic rings. The number of ether oxygens (including phenoxy) is 1. The first-order valence-corrected chi connectivity index (χ1v) is 7.33. The number of aryl methyl sites for hydroxylation is 2. The molecule has 0 aliphatic carbocycles. The molecule has 0 bridgehead atoms. The largest absolute Gasteiger partial charge is 0.497 e. The summed E-state index contributed by atoms with van der Waals surface area (Å²) in [4.78, 5) is 8.63. The van der Waals surface area contributed by atoms with Crippen LogP contribution in [-0.4, -0.2) is 21.6 Å². The first-order chi connectivity index (χ1) is 10.3. The van der Waals surface area contributed by atoms with Crippen molar-refractivity contribution in [2.75, 3.05) is 7.11 Å². The summed E-state index contributed by atoms with van der Waals surface area (Å²) in [5.74, 6) is 2.16. The maximum atomic E-state index is 6.00. The van der Waals surface area contributed by atoms with Crippen molar-refractivity contribution in [1.82, 2.24) is 14.5 Å². The van der Waals surface area contributed by atoms with Gasteiger partial charge in [-0.2, -0.15) is 0 Å². The average Bonchev–Trinajstić information content (AvgIpc) is 2.91. The van der Waals surface area contributed by atoms with E-state index in [0.717, 1.165) is 35.6 Å². The molecule has 0 radical (unpaired) electrons. The third kappa shape index (κ3) is 2.85. The average molecular weight is 302 g/mol. The highest BCUT2D eigenvalue weighted by atomic mass is 35.5. The third-order valence-corrected chi connectivity index (χ3v) is 3.77. The van der Waals surface area contributed by atoms with Gasteiger partial charge in [0.1, 0.15) is 17.1 Å². The number of rotatable bonds is 5. The van der Waals surface area contributed by atoms with Crippen LogP contribution in [0.1, 0.15) is 11.4 Å². The molecule has 2 heterocycles. The number of benzene rings is 1. The molecule has 2 aromatic heterocycles. The van der Waals surface area contributed by atoms with Crippen molar-refractivity contribution in [1.29, 1.82) is 0 Å². The minimum Gasteiger partial charge on any atom is -0.497 e. The second-order valence-electron chi connectivity index (χ2n) is 4.78. The van der Waals surface area contributed by atoms with E-state index in [9.17, 15) is 0 Å². The smallest absolute Gasteiger partial charge is 0.124 e. The minimum absolute atomic E-state index is 0.400. The van der Waals surface area contributed by atoms with Gasteiger partial charge in [-0.3, -0.25) is 4.98 Å². The van der Waals surface area contributed by atoms with Crippen molar-refractivity contribution in [2.45, 2.75) is 18.8 Å². The predicted molar refractivity (Wildman–Crippen MR) is 83.8 cm³/mol. The van der Waals surface area contributed by atoms with Crippen LogP contribution in [0.2, 0.25) is 0 Å². The molecule has 4 nitrogen and oxygen atoms in total. The highest BCUT2D eigenvalue weighted by molar-refractivity contribution is 6.16. The van der Waals surface area contributed by atoms with Gasteiger partial charge < -0.3 is 9.30 Å². The maximum Gasteiger partial charge on any atom is 0.124 e. The van der Waals surface area contributed by atoms with E-state index in [-0.39, 0.29) is 0 Å². The van der Waals surface area contributed by atoms with Crippen molar-refractivity contribution in [3.05, 3.63) is 54.1 Å². The number of nitrogens with zero attached hydrogens (tertiary/aromatic N) is 3. The summed E-state index contributed by atoms with van der Waals surface area (Å²) in [6.07, 6.45) is 4.48. The predicted octanol–water partition coefficient (Wildman–Crippen LogP) is 3.42. The van der Waals surface area contributed by atoms with E-state index in [1.165, 1.54) is 5.56 Å². The van der Waals surface area contributed by atoms with Gasteiger partial charge in [-0.05, 0) is 30.2 Å². The van der Waals surface area contributed by atoms with Crippen molar-refractivity contribution in [2.24, 2.45) is 0 Å². The summed E-state index contributed by atoms with van der Waals surface area (Å²) in [6, 6.07) is 10.1. The number of methoxy groups -OCH3 is 1. The number of alkyl halides is 1. The molecule has 5 heteroatoms. The molecule has 1 aromatic carbocycles. The monoisotopic (exact) mass is 301 g/mol. The Labute approximate surface area is 128 Å². The molecule has 0 fully saturated rings. The number of imidazole rings is 1. The summed E-state index contributed by atoms with van der Waals surface area (Å²) in [6.45, 7) is 0.842. The van der Waals surface area contributed by atoms with Crippen molar-refractivity contribution in [3.8, 4) is 5.75 Å². The molecule has 0 N–H and O–H groups in total. The number of halogens is 1. The van der Waals surface area contributed by atoms with E-state index < -0.39 is 0 Å². The second-order valence-corrected chi connectivity index (χ2v) is 5.04. The van der Waals surface area contributed by atoms with Crippen LogP contribution >= 0.6 is 11.6 Å². The summed E-state index contributed by atoms with van der Waals surface area (Å²) in [7, 11) is 1.67. The fourth-order valence-corrected chi connectivity index (χ4v) is 2.62. The van der Waals surface area contributed by atoms with Crippen LogP contribution in [0.25, 0.3) is 11.0 Å². The van der Waals surface area contributed by atoms with Gasteiger partial charge in [0.15, 0.2) is 0 Å². The molecular formula is C16H16ClN3O. The lowest BCUT2D eigenvalue weighted by molar-refractivity contribution is 0.414. The highest BCUT2D eigenvalue weighted by Gasteiger charge is 2.09. The molecule has 0 saturated carbocycles. The first-order valence-electron chi connectivity index (χ1n) is 6.80. The summed E-state index contributed by atoms with van der Waals surface area (Å²) in [5, 5.41) is 0. The van der Waals surface area contributed by atoms with E-state index in [4.69, 9.17) is 16.3 Å². The molecule has 0 saturated heterocycles. The number of hydrogen-bond acceptors (Lipinski definition) is 3. The van der Waals surface area contributed by atoms with Crippen LogP contribution in [0, 0.1) is 0 Å². The number of fused-ring (bicyclic) bond motifs is 1. The van der Waals surface area contributed by atoms with Crippen molar-refractivity contribution in [3.63, 3.8) is 0 Å². The van der Waals surface area contributed by atoms with Crippen LogP contribution in [0.3, 0.4) is 0 Å². The normalized spacial score (nSPS) is 11.0. The topological polar surface area (TPSA) is 39.9 Å². The van der Waals surface area contributed by atoms with Crippen LogP contribution in [0.5, 0.6) is 5.75 Å². The van der Waals surface area contributed by atoms with Crippen molar-refractivity contribution >= 4 is 22.6 Å². The third-order valence-electron chi connectivity index (χ3n) is 3.53. The summed E-state index contributed by atoms with van der Waals surface area (Å²) >= 11 is 6.00. The number of pyridine rings is 1. The lowest BCUT2D eigenvalue weighted by Crippen LogP contribution is -2.05. The fraction of sp³-hybridized carbons (Fsp3) is 0.250. The van der Waals surface area contributed by atoms with Gasteiger partial charge in [-0.15, -0.1) is 11.6 Å². The first kappa shape index (κ1) is 13.9. The quantitative estimate of drug-likeness (QED) is 0.678. The lowest BCUT2D eigenvalue weighted by Gasteiger charge is -2.08. The van der Waals surface area contributed by atoms with E-state index in [1.807, 2.05) is 18.2 Å². The Morgan fingerprint density at radius 1 is 1.19 bits per heavy atom. The minimum atomic E-state index is 0.400. The molecule has 108 valence electrons. The Balaban J connectivity index is 1.83. The molecule has 3 aromatic rings. The second kappa shape index (κ2) is 6.14. The van der Waals surface area contributed by atoms with Crippen LogP contribution in [0.15, 0.2) is 42.7 Å². The van der Waals surface area contributed by atoms with Gasteiger partial charge in [0.05, 0.1) is 24.7 Å². The van der Waals surface area contributed by atoms with Gasteiger partial charge in [-0.1, -0.05) is 12.1 Å². The van der Waals surface area contributed by atoms with Gasteiger partial charge in [-0.25, -0.2) is 4.98 Å². The fourth-order valence-electron chi connectivity index (χ4n) is 2.42. The number of hydrogen-bond donors (Lipinski definition) is 0. The van der Waals surface area contributed by atoms with Crippen molar-refractivity contribution < 1.29 is 4.74 Å². The molecule has 3 rings (SSSR count). The Morgan fingerprint density at radius 3 is 2.71 bits per heavy atom. The Morgan fingerprint density at radius 2 is 2.00 bits per heavy atom. The Hall–Kier alpha value is -2.07. The van der Waals surface area contributed by atoms with Gasteiger partial charge >= 0.3 is 0 Å². The van der Waals surface area contributed by atoms with E-state index in [1.54, 1.807) is 19.5 Å². The molecule has 0 aliphatic heterocycles. The molecule has 0 atom stereocenters. The Bertz CT molecular complexity index is 737. The Kier molecular flexibility index (Phi) is 4.06. The standard InChI is InChI=1S/C16H16ClN3O/c1-21-13-4-2-12(3-5-13)7-9-20-15-6-8-18-11-14(15)19-16(20)10-17/h2-6,8,11H,7,9-10H2,1H3. The van der Waals surface area contributed by atoms with Crippen LogP contribution in [0.4, 0.5) is 0 Å². The summed E-state index contributed by atoms with van der Waals surface area (Å²) in [5.41, 5.74) is 3.23. The molecular weight excluding hydrogens is 286 g/mol. The van der Waals surface area contributed by atoms with Crippen LogP contribution < -0.4 is 4.74 Å². The molecule has 0 unspecified atom stereocenters. The van der Waals surface area contributed by atoms with E-state index in [2.05, 4.69) is 26.7 Å². The molecule has 21 heavy (non-hydrogen) atoms. The molecule has 0 amide bonds. The van der Waals surface area contributed by atoms with Crippen LogP contribution in [-0.2, 0) is 18.8 Å². The maximum absolute atomic E-state index is 6.00. The zero-order valence-corrected chi connectivity index (χ0v) is 12.5. The summed E-state index contributed by atoms with van der Waals surface area (Å²) < 4.78 is 7.34. The number of aromatic nitrogens is 3.